The molecule has 0 saturated heterocycles. The fourth-order valence-electron chi connectivity index (χ4n) is 3.07. The number of hydrogen-bond donors (Lipinski definition) is 0. The van der Waals surface area contributed by atoms with E-state index < -0.39 is 5.97 Å². The number of carbonyl (C=O) groups is 1. The molecule has 0 spiro atoms. The molecular weight excluding hydrogens is 422 g/mol. The van der Waals surface area contributed by atoms with Gasteiger partial charge in [-0.25, -0.2) is 4.79 Å². The third kappa shape index (κ3) is 7.54. The van der Waals surface area contributed by atoms with Gasteiger partial charge >= 0.3 is 5.97 Å². The van der Waals surface area contributed by atoms with Gasteiger partial charge in [0, 0.05) is 16.8 Å². The zero-order valence-corrected chi connectivity index (χ0v) is 19.1. The Morgan fingerprint density at radius 2 is 1.56 bits per heavy atom. The maximum atomic E-state index is 12.4. The van der Waals surface area contributed by atoms with Gasteiger partial charge in [0.15, 0.2) is 0 Å². The van der Waals surface area contributed by atoms with E-state index in [4.69, 9.17) is 21.1 Å². The Hall–Kier alpha value is -3.11. The summed E-state index contributed by atoms with van der Waals surface area (Å²) < 4.78 is 11.2. The number of rotatable bonds is 11. The minimum Gasteiger partial charge on any atom is -0.494 e. The Morgan fingerprint density at radius 1 is 0.875 bits per heavy atom. The molecule has 0 unspecified atom stereocenters. The monoisotopic (exact) mass is 449 g/mol. The second-order valence-corrected chi connectivity index (χ2v) is 7.86. The molecule has 0 radical (unpaired) electrons. The summed E-state index contributed by atoms with van der Waals surface area (Å²) in [5.74, 6) is 0.806. The lowest BCUT2D eigenvalue weighted by atomic mass is 10.2. The Bertz CT molecular complexity index is 1010. The second-order valence-electron chi connectivity index (χ2n) is 7.45. The normalized spacial score (nSPS) is 10.9. The molecule has 32 heavy (non-hydrogen) atoms. The smallest absolute Gasteiger partial charge is 0.343 e. The molecule has 3 aromatic carbocycles. The SMILES string of the molecule is CCCCCCCOc1ccc(C(=O)Oc2ccc(N=Cc3ccccc3Cl)cc2)cc1. The first-order valence-electron chi connectivity index (χ1n) is 11.0. The fraction of sp³-hybridized carbons (Fsp3) is 0.259. The average Bonchev–Trinajstić information content (AvgIpc) is 2.82. The van der Waals surface area contributed by atoms with Crippen LogP contribution < -0.4 is 9.47 Å². The van der Waals surface area contributed by atoms with E-state index in [2.05, 4.69) is 11.9 Å². The van der Waals surface area contributed by atoms with Crippen LogP contribution in [0.25, 0.3) is 0 Å². The molecule has 0 N–H and O–H groups in total. The van der Waals surface area contributed by atoms with Crippen LogP contribution in [0.15, 0.2) is 77.8 Å². The van der Waals surface area contributed by atoms with E-state index in [-0.39, 0.29) is 0 Å². The number of esters is 1. The molecule has 0 heterocycles. The molecule has 3 rings (SSSR count). The zero-order chi connectivity index (χ0) is 22.6. The molecule has 166 valence electrons. The number of benzene rings is 3. The molecular formula is C27H28ClNO3. The molecule has 0 atom stereocenters. The molecule has 0 saturated carbocycles. The molecule has 0 aliphatic heterocycles. The Labute approximate surface area is 194 Å². The minimum atomic E-state index is -0.413. The lowest BCUT2D eigenvalue weighted by molar-refractivity contribution is 0.0734. The summed E-state index contributed by atoms with van der Waals surface area (Å²) in [6.07, 6.45) is 7.69. The van der Waals surface area contributed by atoms with Gasteiger partial charge in [-0.2, -0.15) is 0 Å². The molecule has 0 aliphatic carbocycles. The van der Waals surface area contributed by atoms with E-state index in [1.54, 1.807) is 54.7 Å². The Balaban J connectivity index is 1.48. The third-order valence-corrected chi connectivity index (χ3v) is 5.26. The highest BCUT2D eigenvalue weighted by molar-refractivity contribution is 6.33. The van der Waals surface area contributed by atoms with E-state index in [0.717, 1.165) is 23.4 Å². The lowest BCUT2D eigenvalue weighted by Crippen LogP contribution is -2.08. The largest absolute Gasteiger partial charge is 0.494 e. The number of unbranched alkanes of at least 4 members (excludes halogenated alkanes) is 4. The third-order valence-electron chi connectivity index (χ3n) is 4.91. The van der Waals surface area contributed by atoms with Crippen LogP contribution in [-0.4, -0.2) is 18.8 Å². The summed E-state index contributed by atoms with van der Waals surface area (Å²) >= 11 is 6.13. The highest BCUT2D eigenvalue weighted by Crippen LogP contribution is 2.21. The molecule has 5 heteroatoms. The Morgan fingerprint density at radius 3 is 2.28 bits per heavy atom. The first-order valence-corrected chi connectivity index (χ1v) is 11.4. The number of carbonyl (C=O) groups excluding carboxylic acids is 1. The van der Waals surface area contributed by atoms with Crippen molar-refractivity contribution in [2.75, 3.05) is 6.61 Å². The summed E-state index contributed by atoms with van der Waals surface area (Å²) in [5, 5.41) is 0.644. The number of aliphatic imine (C=N–C) groups is 1. The molecule has 0 bridgehead atoms. The van der Waals surface area contributed by atoms with E-state index in [0.29, 0.717) is 22.9 Å². The van der Waals surface area contributed by atoms with Gasteiger partial charge in [-0.3, -0.25) is 4.99 Å². The van der Waals surface area contributed by atoms with Crippen molar-refractivity contribution < 1.29 is 14.3 Å². The van der Waals surface area contributed by atoms with Gasteiger partial charge in [0.2, 0.25) is 0 Å². The summed E-state index contributed by atoms with van der Waals surface area (Å²) in [7, 11) is 0. The predicted molar refractivity (Wildman–Crippen MR) is 131 cm³/mol. The van der Waals surface area contributed by atoms with Crippen LogP contribution in [0.5, 0.6) is 11.5 Å². The number of halogens is 1. The lowest BCUT2D eigenvalue weighted by Gasteiger charge is -2.08. The van der Waals surface area contributed by atoms with Crippen molar-refractivity contribution in [3.63, 3.8) is 0 Å². The van der Waals surface area contributed by atoms with Gasteiger partial charge in [-0.15, -0.1) is 0 Å². The van der Waals surface area contributed by atoms with Crippen molar-refractivity contribution >= 4 is 29.5 Å². The molecule has 0 aromatic heterocycles. The average molecular weight is 450 g/mol. The molecule has 4 nitrogen and oxygen atoms in total. The van der Waals surface area contributed by atoms with Crippen LogP contribution in [0.2, 0.25) is 5.02 Å². The van der Waals surface area contributed by atoms with E-state index in [9.17, 15) is 4.79 Å². The van der Waals surface area contributed by atoms with Crippen molar-refractivity contribution in [3.05, 3.63) is 88.9 Å². The number of nitrogens with zero attached hydrogens (tertiary/aromatic N) is 1. The van der Waals surface area contributed by atoms with Crippen molar-refractivity contribution in [2.24, 2.45) is 4.99 Å². The maximum absolute atomic E-state index is 12.4. The van der Waals surface area contributed by atoms with E-state index >= 15 is 0 Å². The first kappa shape index (κ1) is 23.6. The van der Waals surface area contributed by atoms with Crippen LogP contribution in [-0.2, 0) is 0 Å². The fourth-order valence-corrected chi connectivity index (χ4v) is 3.26. The standard InChI is InChI=1S/C27H28ClNO3/c1-2-3-4-5-8-19-31-24-15-11-21(12-16-24)27(30)32-25-17-13-23(14-18-25)29-20-22-9-6-7-10-26(22)28/h6-7,9-18,20H,2-5,8,19H2,1H3. The van der Waals surface area contributed by atoms with Crippen LogP contribution in [0, 0.1) is 0 Å². The van der Waals surface area contributed by atoms with Gasteiger partial charge in [0.05, 0.1) is 17.9 Å². The van der Waals surface area contributed by atoms with Crippen LogP contribution in [0.4, 0.5) is 5.69 Å². The van der Waals surface area contributed by atoms with Gasteiger partial charge < -0.3 is 9.47 Å². The van der Waals surface area contributed by atoms with Crippen molar-refractivity contribution in [3.8, 4) is 11.5 Å². The number of hydrogen-bond acceptors (Lipinski definition) is 4. The quantitative estimate of drug-likeness (QED) is 0.131. The minimum absolute atomic E-state index is 0.413. The highest BCUT2D eigenvalue weighted by Gasteiger charge is 2.09. The predicted octanol–water partition coefficient (Wildman–Crippen LogP) is 7.66. The van der Waals surface area contributed by atoms with Crippen LogP contribution in [0.3, 0.4) is 0 Å². The molecule has 0 aliphatic rings. The summed E-state index contributed by atoms with van der Waals surface area (Å²) in [5.41, 5.74) is 2.05. The van der Waals surface area contributed by atoms with Gasteiger partial charge in [0.1, 0.15) is 11.5 Å². The van der Waals surface area contributed by atoms with Crippen LogP contribution in [0.1, 0.15) is 54.9 Å². The summed E-state index contributed by atoms with van der Waals surface area (Å²) in [6.45, 7) is 2.90. The number of ether oxygens (including phenoxy) is 2. The zero-order valence-electron chi connectivity index (χ0n) is 18.3. The summed E-state index contributed by atoms with van der Waals surface area (Å²) in [4.78, 5) is 16.8. The van der Waals surface area contributed by atoms with Gasteiger partial charge in [-0.1, -0.05) is 62.4 Å². The van der Waals surface area contributed by atoms with Gasteiger partial charge in [-0.05, 0) is 61.0 Å². The van der Waals surface area contributed by atoms with E-state index in [1.807, 2.05) is 24.3 Å². The van der Waals surface area contributed by atoms with Crippen LogP contribution >= 0.6 is 11.6 Å². The van der Waals surface area contributed by atoms with E-state index in [1.165, 1.54) is 25.7 Å². The van der Waals surface area contributed by atoms with Crippen molar-refractivity contribution in [2.45, 2.75) is 39.0 Å². The molecule has 0 amide bonds. The van der Waals surface area contributed by atoms with Gasteiger partial charge in [0.25, 0.3) is 0 Å². The second kappa shape index (κ2) is 12.7. The first-order chi connectivity index (χ1) is 15.7. The van der Waals surface area contributed by atoms with Crippen molar-refractivity contribution in [1.82, 2.24) is 0 Å². The molecule has 0 fully saturated rings. The maximum Gasteiger partial charge on any atom is 0.343 e. The van der Waals surface area contributed by atoms with Crippen molar-refractivity contribution in [1.29, 1.82) is 0 Å². The molecule has 3 aromatic rings. The topological polar surface area (TPSA) is 47.9 Å². The highest BCUT2D eigenvalue weighted by atomic mass is 35.5. The Kier molecular flexibility index (Phi) is 9.33. The summed E-state index contributed by atoms with van der Waals surface area (Å²) in [6, 6.07) is 21.5.